The zero-order valence-electron chi connectivity index (χ0n) is 21.0. The van der Waals surface area contributed by atoms with Crippen molar-refractivity contribution >= 4 is 11.6 Å². The van der Waals surface area contributed by atoms with Gasteiger partial charge >= 0.3 is 0 Å². The molecular weight excluding hydrogens is 462 g/mol. The molecule has 3 aromatic rings. The highest BCUT2D eigenvalue weighted by Crippen LogP contribution is 2.30. The Morgan fingerprint density at radius 3 is 2.50 bits per heavy atom. The third-order valence-corrected chi connectivity index (χ3v) is 6.58. The van der Waals surface area contributed by atoms with Crippen molar-refractivity contribution in [1.29, 1.82) is 0 Å². The van der Waals surface area contributed by atoms with E-state index in [4.69, 9.17) is 9.82 Å². The van der Waals surface area contributed by atoms with Crippen LogP contribution in [0.4, 0.5) is 8.78 Å². The lowest BCUT2D eigenvalue weighted by molar-refractivity contribution is -0.131. The minimum Gasteiger partial charge on any atom is -0.356 e. The number of nitrogens with zero attached hydrogens (tertiary/aromatic N) is 4. The van der Waals surface area contributed by atoms with Gasteiger partial charge in [0.15, 0.2) is 5.75 Å². The monoisotopic (exact) mass is 492 g/mol. The van der Waals surface area contributed by atoms with Crippen LogP contribution in [0.1, 0.15) is 59.5 Å². The quantitative estimate of drug-likeness (QED) is 0.340. The lowest BCUT2D eigenvalue weighted by Gasteiger charge is -2.32. The lowest BCUT2D eigenvalue weighted by atomic mass is 9.89. The Labute approximate surface area is 210 Å². The number of likely N-dealkylation sites (tertiary alicyclic amines) is 1. The van der Waals surface area contributed by atoms with Gasteiger partial charge in [0.25, 0.3) is 0 Å². The average Bonchev–Trinajstić information content (AvgIpc) is 2.86. The number of hydrogen-bond acceptors (Lipinski definition) is 5. The number of rotatable bonds is 6. The normalized spacial score (nSPS) is 14.7. The van der Waals surface area contributed by atoms with Crippen molar-refractivity contribution in [2.24, 2.45) is 5.16 Å². The van der Waals surface area contributed by atoms with Crippen molar-refractivity contribution in [2.75, 3.05) is 13.1 Å². The third kappa shape index (κ3) is 5.75. The number of halogens is 2. The minimum absolute atomic E-state index is 0.0989. The Morgan fingerprint density at radius 2 is 1.81 bits per heavy atom. The van der Waals surface area contributed by atoms with Crippen LogP contribution >= 0.6 is 0 Å². The molecule has 0 spiro atoms. The molecule has 0 aliphatic carbocycles. The Kier molecular flexibility index (Phi) is 7.72. The topological polar surface area (TPSA) is 67.7 Å². The summed E-state index contributed by atoms with van der Waals surface area (Å²) >= 11 is 0. The molecule has 0 bridgehead atoms. The molecule has 0 N–H and O–H groups in total. The molecule has 1 aliphatic heterocycles. The van der Waals surface area contributed by atoms with Crippen molar-refractivity contribution in [3.05, 3.63) is 88.0 Å². The molecule has 1 aromatic heterocycles. The van der Waals surface area contributed by atoms with Gasteiger partial charge in [-0.2, -0.15) is 0 Å². The maximum atomic E-state index is 14.0. The molecule has 0 unspecified atom stereocenters. The van der Waals surface area contributed by atoms with Crippen LogP contribution in [0.5, 0.6) is 5.75 Å². The highest BCUT2D eigenvalue weighted by Gasteiger charge is 2.28. The second-order valence-electron chi connectivity index (χ2n) is 9.29. The van der Waals surface area contributed by atoms with E-state index in [2.05, 4.69) is 10.1 Å². The first-order chi connectivity index (χ1) is 17.2. The van der Waals surface area contributed by atoms with Crippen LogP contribution in [0.25, 0.3) is 0 Å². The molecule has 1 fully saturated rings. The lowest BCUT2D eigenvalue weighted by Crippen LogP contribution is -2.39. The van der Waals surface area contributed by atoms with Crippen LogP contribution in [0.2, 0.25) is 0 Å². The van der Waals surface area contributed by atoms with Crippen molar-refractivity contribution in [2.45, 2.75) is 52.9 Å². The number of hydrogen-bond donors (Lipinski definition) is 0. The van der Waals surface area contributed by atoms with E-state index in [9.17, 15) is 13.6 Å². The highest BCUT2D eigenvalue weighted by atomic mass is 19.1. The van der Waals surface area contributed by atoms with Crippen LogP contribution in [0.15, 0.2) is 47.8 Å². The van der Waals surface area contributed by atoms with E-state index in [1.807, 2.05) is 45.9 Å². The molecule has 6 nitrogen and oxygen atoms in total. The molecule has 8 heteroatoms. The van der Waals surface area contributed by atoms with Gasteiger partial charge in [0, 0.05) is 36.3 Å². The average molecular weight is 493 g/mol. The van der Waals surface area contributed by atoms with Crippen LogP contribution in [-0.4, -0.2) is 39.6 Å². The molecule has 188 valence electrons. The Morgan fingerprint density at radius 1 is 1.11 bits per heavy atom. The number of piperidine rings is 1. The highest BCUT2D eigenvalue weighted by molar-refractivity contribution is 5.99. The van der Waals surface area contributed by atoms with Gasteiger partial charge in [0.2, 0.25) is 5.91 Å². The van der Waals surface area contributed by atoms with Gasteiger partial charge in [-0.25, -0.2) is 18.7 Å². The number of benzene rings is 2. The zero-order valence-corrected chi connectivity index (χ0v) is 21.0. The zero-order chi connectivity index (χ0) is 25.8. The summed E-state index contributed by atoms with van der Waals surface area (Å²) in [5, 5.41) is 4.36. The van der Waals surface area contributed by atoms with E-state index in [0.717, 1.165) is 22.4 Å². The van der Waals surface area contributed by atoms with Gasteiger partial charge in [-0.1, -0.05) is 23.4 Å². The molecule has 2 heterocycles. The Bertz CT molecular complexity index is 1280. The number of carbonyl (C=O) groups is 1. The largest absolute Gasteiger partial charge is 0.356 e. The van der Waals surface area contributed by atoms with E-state index in [0.29, 0.717) is 43.2 Å². The molecule has 1 saturated heterocycles. The summed E-state index contributed by atoms with van der Waals surface area (Å²) in [4.78, 5) is 29.2. The molecule has 4 rings (SSSR count). The van der Waals surface area contributed by atoms with Crippen LogP contribution in [0.3, 0.4) is 0 Å². The molecule has 36 heavy (non-hydrogen) atoms. The number of aromatic nitrogens is 2. The summed E-state index contributed by atoms with van der Waals surface area (Å²) in [6, 6.07) is 9.60. The Balaban J connectivity index is 1.46. The van der Waals surface area contributed by atoms with E-state index < -0.39 is 11.6 Å². The first-order valence-electron chi connectivity index (χ1n) is 12.1. The van der Waals surface area contributed by atoms with Crippen molar-refractivity contribution in [3.8, 4) is 5.75 Å². The molecular formula is C28H30F2N4O2. The fraction of sp³-hybridized carbons (Fsp3) is 0.357. The van der Waals surface area contributed by atoms with Gasteiger partial charge in [0.1, 0.15) is 17.5 Å². The van der Waals surface area contributed by atoms with E-state index in [-0.39, 0.29) is 23.8 Å². The fourth-order valence-corrected chi connectivity index (χ4v) is 4.42. The van der Waals surface area contributed by atoms with Crippen molar-refractivity contribution < 1.29 is 18.4 Å². The maximum Gasteiger partial charge on any atom is 0.227 e. The van der Waals surface area contributed by atoms with Gasteiger partial charge in [-0.3, -0.25) is 4.79 Å². The van der Waals surface area contributed by atoms with Crippen molar-refractivity contribution in [1.82, 2.24) is 14.9 Å². The predicted octanol–water partition coefficient (Wildman–Crippen LogP) is 5.43. The summed E-state index contributed by atoms with van der Waals surface area (Å²) in [6.07, 6.45) is 2.84. The summed E-state index contributed by atoms with van der Waals surface area (Å²) in [5.74, 6) is -0.222. The van der Waals surface area contributed by atoms with E-state index in [1.165, 1.54) is 18.2 Å². The smallest absolute Gasteiger partial charge is 0.227 e. The summed E-state index contributed by atoms with van der Waals surface area (Å²) < 4.78 is 28.0. The molecule has 0 atom stereocenters. The number of aryl methyl sites for hydroxylation is 3. The van der Waals surface area contributed by atoms with Gasteiger partial charge in [-0.15, -0.1) is 0 Å². The second kappa shape index (κ2) is 10.9. The molecule has 1 amide bonds. The van der Waals surface area contributed by atoms with E-state index >= 15 is 0 Å². The Hall–Kier alpha value is -3.68. The van der Waals surface area contributed by atoms with Gasteiger partial charge < -0.3 is 9.74 Å². The van der Waals surface area contributed by atoms with Crippen LogP contribution < -0.4 is 4.84 Å². The molecule has 0 saturated carbocycles. The van der Waals surface area contributed by atoms with Gasteiger partial charge in [0.05, 0.1) is 17.8 Å². The van der Waals surface area contributed by atoms with Crippen LogP contribution in [-0.2, 0) is 11.2 Å². The van der Waals surface area contributed by atoms with Crippen LogP contribution in [0, 0.1) is 32.4 Å². The summed E-state index contributed by atoms with van der Waals surface area (Å²) in [5.41, 5.74) is 4.24. The SMILES string of the molecule is C/C(=N/Oc1cc(C)ccc1C)c1cnc(C)nc1C1CCN(C(=O)Cc2c(F)cccc2F)CC1. The summed E-state index contributed by atoms with van der Waals surface area (Å²) in [7, 11) is 0. The first kappa shape index (κ1) is 25.4. The summed E-state index contributed by atoms with van der Waals surface area (Å²) in [6.45, 7) is 8.64. The second-order valence-corrected chi connectivity index (χ2v) is 9.29. The standard InChI is InChI=1S/C28H30F2N4O2/c1-17-8-9-18(2)26(14-17)36-33-19(3)23-16-31-20(4)32-28(23)21-10-12-34(13-11-21)27(35)15-22-24(29)6-5-7-25(22)30/h5-9,14,16,21H,10-13,15H2,1-4H3/b33-19-. The predicted molar refractivity (Wildman–Crippen MR) is 134 cm³/mol. The number of oxime groups is 1. The van der Waals surface area contributed by atoms with E-state index in [1.54, 1.807) is 11.1 Å². The number of amides is 1. The molecule has 0 radical (unpaired) electrons. The van der Waals surface area contributed by atoms with Crippen molar-refractivity contribution in [3.63, 3.8) is 0 Å². The number of carbonyl (C=O) groups excluding carboxylic acids is 1. The third-order valence-electron chi connectivity index (χ3n) is 6.58. The minimum atomic E-state index is -0.697. The molecule has 1 aliphatic rings. The molecule has 2 aromatic carbocycles. The van der Waals surface area contributed by atoms with Gasteiger partial charge in [-0.05, 0) is 69.9 Å². The maximum absolute atomic E-state index is 14.0. The fourth-order valence-electron chi connectivity index (χ4n) is 4.42. The first-order valence-corrected chi connectivity index (χ1v) is 12.1.